The number of carbonyl (C=O) groups excluding carboxylic acids is 3. The lowest BCUT2D eigenvalue weighted by molar-refractivity contribution is -0.125. The molecule has 10 heteroatoms. The average Bonchev–Trinajstić information content (AvgIpc) is 3.21. The Morgan fingerprint density at radius 1 is 1.16 bits per heavy atom. The summed E-state index contributed by atoms with van der Waals surface area (Å²) in [5.74, 6) is -1.22. The Labute approximate surface area is 222 Å². The van der Waals surface area contributed by atoms with E-state index in [0.717, 1.165) is 0 Å². The lowest BCUT2D eigenvalue weighted by Gasteiger charge is -2.30. The number of anilines is 1. The van der Waals surface area contributed by atoms with Crippen LogP contribution in [0.4, 0.5) is 10.1 Å². The maximum atomic E-state index is 14.5. The molecule has 2 amide bonds. The number of aromatic nitrogens is 2. The van der Waals surface area contributed by atoms with Gasteiger partial charge in [-0.25, -0.2) is 4.39 Å². The van der Waals surface area contributed by atoms with Crippen molar-refractivity contribution in [3.63, 3.8) is 0 Å². The topological polar surface area (TPSA) is 122 Å². The number of nitrogen functional groups attached to an aromatic ring is 1. The van der Waals surface area contributed by atoms with Gasteiger partial charge in [-0.3, -0.25) is 24.0 Å². The molecule has 0 saturated heterocycles. The summed E-state index contributed by atoms with van der Waals surface area (Å²) in [7, 11) is 0. The van der Waals surface area contributed by atoms with Gasteiger partial charge in [0.15, 0.2) is 5.69 Å². The van der Waals surface area contributed by atoms with Gasteiger partial charge >= 0.3 is 0 Å². The van der Waals surface area contributed by atoms with Gasteiger partial charge in [-0.1, -0.05) is 52.0 Å². The summed E-state index contributed by atoms with van der Waals surface area (Å²) in [6.45, 7) is 11.1. The van der Waals surface area contributed by atoms with Crippen LogP contribution in [0, 0.1) is 11.2 Å². The third kappa shape index (κ3) is 7.16. The molecule has 0 spiro atoms. The van der Waals surface area contributed by atoms with Crippen LogP contribution >= 0.6 is 0 Å². The monoisotopic (exact) mass is 524 g/mol. The summed E-state index contributed by atoms with van der Waals surface area (Å²) in [5.41, 5.74) is 6.60. The second-order valence-corrected chi connectivity index (χ2v) is 10.5. The van der Waals surface area contributed by atoms with Gasteiger partial charge in [-0.2, -0.15) is 5.10 Å². The van der Waals surface area contributed by atoms with Gasteiger partial charge in [0.25, 0.3) is 5.91 Å². The molecule has 1 heterocycles. The largest absolute Gasteiger partial charge is 0.399 e. The van der Waals surface area contributed by atoms with Crippen LogP contribution in [-0.4, -0.2) is 64.5 Å². The average molecular weight is 525 g/mol. The third-order valence-electron chi connectivity index (χ3n) is 6.29. The minimum atomic E-state index is -0.837. The molecule has 1 atom stereocenters. The Kier molecular flexibility index (Phi) is 9.22. The molecule has 0 radical (unpaired) electrons. The number of hydrogen-bond acceptors (Lipinski definition) is 6. The number of Topliss-reactive ketones (excluding diaryl/α,β-unsaturated/α-hetero) is 1. The molecular weight excluding hydrogens is 487 g/mol. The lowest BCUT2D eigenvalue weighted by Crippen LogP contribution is -2.54. The molecule has 1 unspecified atom stereocenters. The minimum absolute atomic E-state index is 0.0591. The van der Waals surface area contributed by atoms with Gasteiger partial charge in [0, 0.05) is 29.7 Å². The van der Waals surface area contributed by atoms with E-state index in [4.69, 9.17) is 5.73 Å². The van der Waals surface area contributed by atoms with Crippen molar-refractivity contribution in [1.29, 1.82) is 0 Å². The van der Waals surface area contributed by atoms with E-state index < -0.39 is 23.2 Å². The van der Waals surface area contributed by atoms with Gasteiger partial charge in [0.1, 0.15) is 17.6 Å². The second kappa shape index (κ2) is 12.2. The van der Waals surface area contributed by atoms with Crippen LogP contribution in [0.15, 0.2) is 42.5 Å². The first-order chi connectivity index (χ1) is 17.9. The lowest BCUT2D eigenvalue weighted by atomic mass is 9.86. The number of nitrogens with zero attached hydrogens (tertiary/aromatic N) is 3. The number of likely N-dealkylation sites (N-methyl/N-ethyl adjacent to an activating group) is 1. The van der Waals surface area contributed by atoms with Gasteiger partial charge in [0.05, 0.1) is 18.6 Å². The highest BCUT2D eigenvalue weighted by Crippen LogP contribution is 2.23. The van der Waals surface area contributed by atoms with Gasteiger partial charge in [0.2, 0.25) is 5.91 Å². The molecule has 0 bridgehead atoms. The Bertz CT molecular complexity index is 1310. The number of ketones is 1. The van der Waals surface area contributed by atoms with Crippen LogP contribution in [-0.2, 0) is 16.1 Å². The van der Waals surface area contributed by atoms with Gasteiger partial charge < -0.3 is 16.4 Å². The van der Waals surface area contributed by atoms with Crippen molar-refractivity contribution < 1.29 is 18.8 Å². The summed E-state index contributed by atoms with van der Waals surface area (Å²) >= 11 is 0. The van der Waals surface area contributed by atoms with E-state index >= 15 is 0 Å². The van der Waals surface area contributed by atoms with E-state index in [0.29, 0.717) is 48.3 Å². The number of benzene rings is 2. The normalized spacial score (nSPS) is 12.5. The van der Waals surface area contributed by atoms with Crippen LogP contribution in [0.25, 0.3) is 10.9 Å². The molecule has 38 heavy (non-hydrogen) atoms. The number of fused-ring (bicyclic) bond motifs is 1. The Morgan fingerprint density at radius 3 is 2.50 bits per heavy atom. The highest BCUT2D eigenvalue weighted by molar-refractivity contribution is 6.06. The molecule has 3 aromatic rings. The number of para-hydroxylation sites is 1. The fraction of sp³-hybridized carbons (Fsp3) is 0.429. The van der Waals surface area contributed by atoms with Crippen LogP contribution in [0.2, 0.25) is 0 Å². The van der Waals surface area contributed by atoms with Crippen molar-refractivity contribution in [3.8, 4) is 0 Å². The van der Waals surface area contributed by atoms with Gasteiger partial charge in [-0.05, 0) is 37.1 Å². The molecule has 2 aromatic carbocycles. The molecule has 0 aliphatic carbocycles. The zero-order valence-corrected chi connectivity index (χ0v) is 22.7. The molecule has 0 fully saturated rings. The van der Waals surface area contributed by atoms with E-state index in [2.05, 4.69) is 15.7 Å². The fourth-order valence-electron chi connectivity index (χ4n) is 4.25. The van der Waals surface area contributed by atoms with Crippen LogP contribution < -0.4 is 16.4 Å². The summed E-state index contributed by atoms with van der Waals surface area (Å²) < 4.78 is 16.0. The van der Waals surface area contributed by atoms with Crippen molar-refractivity contribution >= 4 is 34.2 Å². The molecule has 1 aromatic heterocycles. The number of hydrogen-bond donors (Lipinski definition) is 3. The van der Waals surface area contributed by atoms with Crippen LogP contribution in [0.5, 0.6) is 0 Å². The highest BCUT2D eigenvalue weighted by Gasteiger charge is 2.34. The molecular formula is C28H37FN6O3. The smallest absolute Gasteiger partial charge is 0.273 e. The molecule has 9 nitrogen and oxygen atoms in total. The van der Waals surface area contributed by atoms with Crippen LogP contribution in [0.1, 0.15) is 50.7 Å². The predicted octanol–water partition coefficient (Wildman–Crippen LogP) is 2.98. The molecule has 3 rings (SSSR count). The standard InChI is InChI=1S/C28H37FN6O3/c1-6-34(16-18(2)36)14-13-31-27(38)25(28(3,4)5)32-26(37)24-21-9-7-8-10-23(21)35(33-24)17-19-11-12-20(30)15-22(19)29/h7-12,15,25H,6,13-14,16-17,30H2,1-5H3,(H,31,38)(H,32,37). The number of halogens is 1. The number of nitrogens with one attached hydrogen (secondary N) is 2. The first kappa shape index (κ1) is 28.8. The Morgan fingerprint density at radius 2 is 1.87 bits per heavy atom. The van der Waals surface area contributed by atoms with Crippen LogP contribution in [0.3, 0.4) is 0 Å². The molecule has 204 valence electrons. The summed E-state index contributed by atoms with van der Waals surface area (Å²) in [6.07, 6.45) is 0. The first-order valence-electron chi connectivity index (χ1n) is 12.7. The fourth-order valence-corrected chi connectivity index (χ4v) is 4.25. The van der Waals surface area contributed by atoms with Crippen molar-refractivity contribution in [3.05, 3.63) is 59.5 Å². The van der Waals surface area contributed by atoms with Gasteiger partial charge in [-0.15, -0.1) is 0 Å². The van der Waals surface area contributed by atoms with E-state index in [1.807, 2.05) is 44.7 Å². The zero-order chi connectivity index (χ0) is 28.0. The number of carbonyl (C=O) groups is 3. The van der Waals surface area contributed by atoms with E-state index in [1.54, 1.807) is 28.9 Å². The summed E-state index contributed by atoms with van der Waals surface area (Å²) in [4.78, 5) is 39.9. The maximum absolute atomic E-state index is 14.5. The maximum Gasteiger partial charge on any atom is 0.273 e. The quantitative estimate of drug-likeness (QED) is 0.332. The minimum Gasteiger partial charge on any atom is -0.399 e. The van der Waals surface area contributed by atoms with E-state index in [1.165, 1.54) is 13.0 Å². The Hall–Kier alpha value is -3.79. The predicted molar refractivity (Wildman–Crippen MR) is 146 cm³/mol. The van der Waals surface area contributed by atoms with Crippen molar-refractivity contribution in [2.24, 2.45) is 5.41 Å². The van der Waals surface area contributed by atoms with E-state index in [9.17, 15) is 18.8 Å². The van der Waals surface area contributed by atoms with Crippen molar-refractivity contribution in [2.75, 3.05) is 31.9 Å². The zero-order valence-electron chi connectivity index (χ0n) is 22.7. The molecule has 0 saturated carbocycles. The SMILES string of the molecule is CCN(CCNC(=O)C(NC(=O)c1nn(Cc2ccc(N)cc2F)c2ccccc12)C(C)(C)C)CC(C)=O. The highest BCUT2D eigenvalue weighted by atomic mass is 19.1. The Balaban J connectivity index is 1.80. The molecule has 4 N–H and O–H groups in total. The molecule has 0 aliphatic rings. The van der Waals surface area contributed by atoms with E-state index in [-0.39, 0.29) is 23.9 Å². The van der Waals surface area contributed by atoms with Crippen molar-refractivity contribution in [1.82, 2.24) is 25.3 Å². The first-order valence-corrected chi connectivity index (χ1v) is 12.7. The number of amides is 2. The second-order valence-electron chi connectivity index (χ2n) is 10.5. The molecule has 0 aliphatic heterocycles. The number of nitrogens with two attached hydrogens (primary N) is 1. The third-order valence-corrected chi connectivity index (χ3v) is 6.29. The van der Waals surface area contributed by atoms with Crippen molar-refractivity contribution in [2.45, 2.75) is 47.2 Å². The summed E-state index contributed by atoms with van der Waals surface area (Å²) in [6, 6.07) is 10.8. The summed E-state index contributed by atoms with van der Waals surface area (Å²) in [5, 5.41) is 10.8. The number of rotatable bonds is 11.